The molecule has 0 bridgehead atoms. The zero-order valence-electron chi connectivity index (χ0n) is 13.8. The summed E-state index contributed by atoms with van der Waals surface area (Å²) < 4.78 is 1.95. The zero-order valence-corrected chi connectivity index (χ0v) is 16.1. The molecule has 25 heavy (non-hydrogen) atoms. The molecule has 7 heteroatoms. The third-order valence-corrected chi connectivity index (χ3v) is 5.56. The van der Waals surface area contributed by atoms with Crippen molar-refractivity contribution in [2.24, 2.45) is 0 Å². The van der Waals surface area contributed by atoms with Crippen LogP contribution in [0.1, 0.15) is 32.7 Å². The number of aromatic nitrogens is 2. The van der Waals surface area contributed by atoms with E-state index in [-0.39, 0.29) is 11.9 Å². The fraction of sp³-hybridized carbons (Fsp3) is 0.222. The minimum absolute atomic E-state index is 0.0552. The summed E-state index contributed by atoms with van der Waals surface area (Å²) in [7, 11) is 0. The minimum atomic E-state index is -0.193. The summed E-state index contributed by atoms with van der Waals surface area (Å²) in [5.74, 6) is -0.193. The lowest BCUT2D eigenvalue weighted by Crippen LogP contribution is -2.31. The first-order valence-electron chi connectivity index (χ1n) is 7.75. The number of halogens is 2. The first-order chi connectivity index (χ1) is 12.0. The standard InChI is InChI=1S/C18H17Cl2N3OS/c1-11-8-12(2)23(22-11)16(17-4-3-7-25-17)10-21-18(24)13-5-6-14(19)15(20)9-13/h3-9,16H,10H2,1-2H3,(H,21,24). The Hall–Kier alpha value is -1.82. The molecule has 3 rings (SSSR count). The average Bonchev–Trinajstić information content (AvgIpc) is 3.20. The molecule has 130 valence electrons. The SMILES string of the molecule is Cc1cc(C)n(C(CNC(=O)c2ccc(Cl)c(Cl)c2)c2cccs2)n1. The number of nitrogens with one attached hydrogen (secondary N) is 1. The highest BCUT2D eigenvalue weighted by Gasteiger charge is 2.19. The van der Waals surface area contributed by atoms with Crippen LogP contribution < -0.4 is 5.32 Å². The number of rotatable bonds is 5. The maximum Gasteiger partial charge on any atom is 0.251 e. The monoisotopic (exact) mass is 393 g/mol. The molecule has 2 aromatic heterocycles. The summed E-state index contributed by atoms with van der Waals surface area (Å²) >= 11 is 13.5. The van der Waals surface area contributed by atoms with Crippen LogP contribution in [0.15, 0.2) is 41.8 Å². The number of aryl methyl sites for hydroxylation is 2. The molecule has 0 fully saturated rings. The molecule has 1 aromatic carbocycles. The molecule has 1 N–H and O–H groups in total. The molecule has 3 aromatic rings. The molecule has 0 spiro atoms. The quantitative estimate of drug-likeness (QED) is 0.670. The predicted octanol–water partition coefficient (Wildman–Crippen LogP) is 4.89. The summed E-state index contributed by atoms with van der Waals surface area (Å²) in [5, 5.41) is 10.4. The first kappa shape index (κ1) is 18.0. The van der Waals surface area contributed by atoms with Crippen LogP contribution in [-0.2, 0) is 0 Å². The van der Waals surface area contributed by atoms with Gasteiger partial charge in [-0.25, -0.2) is 0 Å². The van der Waals surface area contributed by atoms with Gasteiger partial charge in [0.2, 0.25) is 0 Å². The Morgan fingerprint density at radius 2 is 2.04 bits per heavy atom. The van der Waals surface area contributed by atoms with E-state index in [1.807, 2.05) is 36.0 Å². The van der Waals surface area contributed by atoms with Gasteiger partial charge in [0.25, 0.3) is 5.91 Å². The zero-order chi connectivity index (χ0) is 18.0. The first-order valence-corrected chi connectivity index (χ1v) is 9.38. The molecule has 1 atom stereocenters. The highest BCUT2D eigenvalue weighted by atomic mass is 35.5. The van der Waals surface area contributed by atoms with Crippen molar-refractivity contribution in [2.75, 3.05) is 6.54 Å². The average molecular weight is 394 g/mol. The van der Waals surface area contributed by atoms with Crippen molar-refractivity contribution in [3.05, 3.63) is 73.7 Å². The molecule has 0 saturated heterocycles. The largest absolute Gasteiger partial charge is 0.350 e. The van der Waals surface area contributed by atoms with Crippen LogP contribution in [0, 0.1) is 13.8 Å². The van der Waals surface area contributed by atoms with E-state index >= 15 is 0 Å². The van der Waals surface area contributed by atoms with E-state index in [2.05, 4.69) is 16.5 Å². The molecule has 0 aliphatic heterocycles. The maximum absolute atomic E-state index is 12.5. The predicted molar refractivity (Wildman–Crippen MR) is 103 cm³/mol. The molecular weight excluding hydrogens is 377 g/mol. The van der Waals surface area contributed by atoms with Crippen molar-refractivity contribution in [2.45, 2.75) is 19.9 Å². The summed E-state index contributed by atoms with van der Waals surface area (Å²) in [4.78, 5) is 13.6. The van der Waals surface area contributed by atoms with Gasteiger partial charge in [0.15, 0.2) is 0 Å². The highest BCUT2D eigenvalue weighted by Crippen LogP contribution is 2.25. The van der Waals surface area contributed by atoms with Crippen LogP contribution in [0.5, 0.6) is 0 Å². The molecule has 1 unspecified atom stereocenters. The summed E-state index contributed by atoms with van der Waals surface area (Å²) in [6, 6.07) is 10.9. The van der Waals surface area contributed by atoms with Gasteiger partial charge in [-0.3, -0.25) is 9.48 Å². The number of carbonyl (C=O) groups excluding carboxylic acids is 1. The number of benzene rings is 1. The van der Waals surface area contributed by atoms with Crippen molar-refractivity contribution in [3.63, 3.8) is 0 Å². The van der Waals surface area contributed by atoms with Gasteiger partial charge >= 0.3 is 0 Å². The molecule has 0 aliphatic rings. The van der Waals surface area contributed by atoms with E-state index in [1.165, 1.54) is 0 Å². The van der Waals surface area contributed by atoms with Crippen molar-refractivity contribution in [3.8, 4) is 0 Å². The third-order valence-electron chi connectivity index (χ3n) is 3.85. The Labute approximate surface area is 160 Å². The van der Waals surface area contributed by atoms with Crippen LogP contribution in [0.25, 0.3) is 0 Å². The summed E-state index contributed by atoms with van der Waals surface area (Å²) in [6.45, 7) is 4.41. The van der Waals surface area contributed by atoms with Crippen LogP contribution in [0.4, 0.5) is 0 Å². The van der Waals surface area contributed by atoms with Gasteiger partial charge in [0, 0.05) is 22.7 Å². The van der Waals surface area contributed by atoms with Crippen LogP contribution in [0.2, 0.25) is 10.0 Å². The van der Waals surface area contributed by atoms with Gasteiger partial charge in [-0.05, 0) is 49.6 Å². The molecule has 2 heterocycles. The lowest BCUT2D eigenvalue weighted by molar-refractivity contribution is 0.0949. The number of hydrogen-bond donors (Lipinski definition) is 1. The smallest absolute Gasteiger partial charge is 0.251 e. The number of hydrogen-bond acceptors (Lipinski definition) is 3. The van der Waals surface area contributed by atoms with E-state index in [1.54, 1.807) is 29.5 Å². The van der Waals surface area contributed by atoms with E-state index in [0.29, 0.717) is 22.2 Å². The Morgan fingerprint density at radius 3 is 2.64 bits per heavy atom. The second-order valence-electron chi connectivity index (χ2n) is 5.74. The Kier molecular flexibility index (Phi) is 5.47. The highest BCUT2D eigenvalue weighted by molar-refractivity contribution is 7.10. The van der Waals surface area contributed by atoms with E-state index in [9.17, 15) is 4.79 Å². The fourth-order valence-corrected chi connectivity index (χ4v) is 3.79. The third kappa shape index (κ3) is 4.06. The molecular formula is C18H17Cl2N3OS. The Balaban J connectivity index is 1.80. The molecule has 0 aliphatic carbocycles. The van der Waals surface area contributed by atoms with Gasteiger partial charge < -0.3 is 5.32 Å². The molecule has 0 radical (unpaired) electrons. The van der Waals surface area contributed by atoms with Gasteiger partial charge in [-0.15, -0.1) is 11.3 Å². The van der Waals surface area contributed by atoms with Crippen molar-refractivity contribution in [1.82, 2.24) is 15.1 Å². The van der Waals surface area contributed by atoms with Crippen LogP contribution >= 0.6 is 34.5 Å². The number of nitrogens with zero attached hydrogens (tertiary/aromatic N) is 2. The van der Waals surface area contributed by atoms with Gasteiger partial charge in [0.05, 0.1) is 15.7 Å². The van der Waals surface area contributed by atoms with Gasteiger partial charge in [-0.2, -0.15) is 5.10 Å². The summed E-state index contributed by atoms with van der Waals surface area (Å²) in [5.41, 5.74) is 2.49. The lowest BCUT2D eigenvalue weighted by atomic mass is 10.2. The Morgan fingerprint density at radius 1 is 1.24 bits per heavy atom. The number of carbonyl (C=O) groups is 1. The molecule has 1 amide bonds. The van der Waals surface area contributed by atoms with Crippen molar-refractivity contribution >= 4 is 40.4 Å². The lowest BCUT2D eigenvalue weighted by Gasteiger charge is -2.19. The summed E-state index contributed by atoms with van der Waals surface area (Å²) in [6.07, 6.45) is 0. The normalized spacial score (nSPS) is 12.2. The van der Waals surface area contributed by atoms with Crippen molar-refractivity contribution in [1.29, 1.82) is 0 Å². The number of amides is 1. The van der Waals surface area contributed by atoms with E-state index < -0.39 is 0 Å². The van der Waals surface area contributed by atoms with Crippen LogP contribution in [0.3, 0.4) is 0 Å². The van der Waals surface area contributed by atoms with E-state index in [0.717, 1.165) is 16.3 Å². The van der Waals surface area contributed by atoms with Crippen LogP contribution in [-0.4, -0.2) is 22.2 Å². The Bertz CT molecular complexity index is 890. The molecule has 0 saturated carbocycles. The van der Waals surface area contributed by atoms with Gasteiger partial charge in [-0.1, -0.05) is 29.3 Å². The number of thiophene rings is 1. The molecule has 4 nitrogen and oxygen atoms in total. The maximum atomic E-state index is 12.5. The van der Waals surface area contributed by atoms with E-state index in [4.69, 9.17) is 23.2 Å². The van der Waals surface area contributed by atoms with Crippen molar-refractivity contribution < 1.29 is 4.79 Å². The minimum Gasteiger partial charge on any atom is -0.350 e. The topological polar surface area (TPSA) is 46.9 Å². The second-order valence-corrected chi connectivity index (χ2v) is 7.54. The van der Waals surface area contributed by atoms with Gasteiger partial charge in [0.1, 0.15) is 6.04 Å². The fourth-order valence-electron chi connectivity index (χ4n) is 2.68. The second kappa shape index (κ2) is 7.60.